The van der Waals surface area contributed by atoms with Crippen molar-refractivity contribution >= 4 is 29.9 Å². The lowest BCUT2D eigenvalue weighted by molar-refractivity contribution is 0.0258. The Morgan fingerprint density at radius 2 is 1.75 bits per heavy atom. The van der Waals surface area contributed by atoms with Gasteiger partial charge < -0.3 is 15.4 Å². The highest BCUT2D eigenvalue weighted by Gasteiger charge is 2.13. The van der Waals surface area contributed by atoms with Gasteiger partial charge >= 0.3 is 0 Å². The summed E-state index contributed by atoms with van der Waals surface area (Å²) in [5.41, 5.74) is 2.68. The lowest BCUT2D eigenvalue weighted by atomic mass is 10.0. The van der Waals surface area contributed by atoms with Crippen LogP contribution in [0.25, 0.3) is 0 Å². The van der Waals surface area contributed by atoms with Crippen LogP contribution in [0.3, 0.4) is 0 Å². The molecule has 0 aromatic heterocycles. The van der Waals surface area contributed by atoms with Gasteiger partial charge in [-0.05, 0) is 56.3 Å². The van der Waals surface area contributed by atoms with Gasteiger partial charge in [-0.1, -0.05) is 38.1 Å². The van der Waals surface area contributed by atoms with E-state index in [1.54, 1.807) is 0 Å². The van der Waals surface area contributed by atoms with E-state index in [1.807, 2.05) is 7.05 Å². The lowest BCUT2D eigenvalue weighted by Gasteiger charge is -2.21. The van der Waals surface area contributed by atoms with E-state index >= 15 is 0 Å². The third-order valence-electron chi connectivity index (χ3n) is 5.16. The number of benzene rings is 1. The van der Waals surface area contributed by atoms with Crippen LogP contribution >= 0.6 is 24.0 Å². The molecule has 6 heteroatoms. The van der Waals surface area contributed by atoms with Crippen molar-refractivity contribution in [1.82, 2.24) is 15.5 Å². The van der Waals surface area contributed by atoms with E-state index in [0.29, 0.717) is 12.0 Å². The van der Waals surface area contributed by atoms with Gasteiger partial charge in [-0.3, -0.25) is 9.89 Å². The number of hydrogen-bond acceptors (Lipinski definition) is 3. The van der Waals surface area contributed by atoms with Crippen LogP contribution in [0.4, 0.5) is 0 Å². The Hall–Kier alpha value is -0.860. The van der Waals surface area contributed by atoms with Crippen molar-refractivity contribution in [2.75, 3.05) is 33.3 Å². The Bertz CT molecular complexity index is 556. The maximum atomic E-state index is 5.80. The molecule has 1 aromatic rings. The molecule has 0 radical (unpaired) electrons. The Morgan fingerprint density at radius 3 is 2.32 bits per heavy atom. The van der Waals surface area contributed by atoms with Gasteiger partial charge in [-0.15, -0.1) is 24.0 Å². The van der Waals surface area contributed by atoms with Crippen LogP contribution < -0.4 is 10.6 Å². The molecule has 1 heterocycles. The number of hydrogen-bond donors (Lipinski definition) is 2. The molecular formula is C22H39IN4O. The Morgan fingerprint density at radius 1 is 1.11 bits per heavy atom. The van der Waals surface area contributed by atoms with Gasteiger partial charge in [0.25, 0.3) is 0 Å². The highest BCUT2D eigenvalue weighted by atomic mass is 127. The SMILES string of the molecule is CCOC(CCNC(=NC)NCc1ccc(CN2CCCC2)cc1)C(C)C.I. The lowest BCUT2D eigenvalue weighted by Crippen LogP contribution is -2.38. The van der Waals surface area contributed by atoms with Crippen LogP contribution in [0, 0.1) is 5.92 Å². The number of guanidine groups is 1. The summed E-state index contributed by atoms with van der Waals surface area (Å²) < 4.78 is 5.80. The van der Waals surface area contributed by atoms with E-state index in [4.69, 9.17) is 4.74 Å². The standard InChI is InChI=1S/C22H38N4O.HI/c1-5-27-21(18(2)3)12-13-24-22(23-4)25-16-19-8-10-20(11-9-19)17-26-14-6-7-15-26;/h8-11,18,21H,5-7,12-17H2,1-4H3,(H2,23,24,25);1H. The molecule has 1 saturated heterocycles. The maximum Gasteiger partial charge on any atom is 0.191 e. The quantitative estimate of drug-likeness (QED) is 0.288. The molecule has 2 N–H and O–H groups in total. The van der Waals surface area contributed by atoms with Gasteiger partial charge in [-0.25, -0.2) is 0 Å². The van der Waals surface area contributed by atoms with Crippen LogP contribution in [0.1, 0.15) is 51.2 Å². The van der Waals surface area contributed by atoms with Crippen molar-refractivity contribution in [2.45, 2.75) is 59.2 Å². The zero-order chi connectivity index (χ0) is 19.5. The fourth-order valence-electron chi connectivity index (χ4n) is 3.52. The fraction of sp³-hybridized carbons (Fsp3) is 0.682. The summed E-state index contributed by atoms with van der Waals surface area (Å²) in [7, 11) is 1.82. The number of rotatable bonds is 10. The van der Waals surface area contributed by atoms with Gasteiger partial charge in [0.15, 0.2) is 5.96 Å². The first-order valence-corrected chi connectivity index (χ1v) is 10.5. The minimum Gasteiger partial charge on any atom is -0.378 e. The largest absolute Gasteiger partial charge is 0.378 e. The number of nitrogens with one attached hydrogen (secondary N) is 2. The molecule has 1 atom stereocenters. The summed E-state index contributed by atoms with van der Waals surface area (Å²) in [4.78, 5) is 6.86. The third-order valence-corrected chi connectivity index (χ3v) is 5.16. The van der Waals surface area contributed by atoms with E-state index in [0.717, 1.165) is 38.6 Å². The predicted octanol–water partition coefficient (Wildman–Crippen LogP) is 4.02. The van der Waals surface area contributed by atoms with Gasteiger partial charge in [0.05, 0.1) is 6.10 Å². The smallest absolute Gasteiger partial charge is 0.191 e. The third kappa shape index (κ3) is 9.09. The molecule has 5 nitrogen and oxygen atoms in total. The predicted molar refractivity (Wildman–Crippen MR) is 129 cm³/mol. The van der Waals surface area contributed by atoms with E-state index < -0.39 is 0 Å². The number of halogens is 1. The average Bonchev–Trinajstić information content (AvgIpc) is 3.17. The summed E-state index contributed by atoms with van der Waals surface area (Å²) in [6.45, 7) is 12.4. The molecule has 0 saturated carbocycles. The van der Waals surface area contributed by atoms with Crippen molar-refractivity contribution < 1.29 is 4.74 Å². The zero-order valence-corrected chi connectivity index (χ0v) is 20.4. The normalized spacial score (nSPS) is 16.1. The molecule has 1 aliphatic rings. The second kappa shape index (κ2) is 14.2. The van der Waals surface area contributed by atoms with Crippen molar-refractivity contribution in [1.29, 1.82) is 0 Å². The fourth-order valence-corrected chi connectivity index (χ4v) is 3.52. The first-order valence-electron chi connectivity index (χ1n) is 10.5. The molecular weight excluding hydrogens is 463 g/mol. The Kier molecular flexibility index (Phi) is 12.7. The van der Waals surface area contributed by atoms with Crippen LogP contribution in [-0.4, -0.2) is 50.3 Å². The molecule has 1 unspecified atom stereocenters. The monoisotopic (exact) mass is 502 g/mol. The number of aliphatic imine (C=N–C) groups is 1. The molecule has 0 aliphatic carbocycles. The summed E-state index contributed by atoms with van der Waals surface area (Å²) in [5, 5.41) is 6.80. The van der Waals surface area contributed by atoms with Crippen LogP contribution in [0.5, 0.6) is 0 Å². The van der Waals surface area contributed by atoms with Gasteiger partial charge in [0.1, 0.15) is 0 Å². The summed E-state index contributed by atoms with van der Waals surface area (Å²) in [6, 6.07) is 8.94. The van der Waals surface area contributed by atoms with E-state index in [-0.39, 0.29) is 24.0 Å². The van der Waals surface area contributed by atoms with E-state index in [2.05, 4.69) is 65.6 Å². The molecule has 1 aliphatic heterocycles. The topological polar surface area (TPSA) is 48.9 Å². The van der Waals surface area contributed by atoms with E-state index in [9.17, 15) is 0 Å². The molecule has 1 aromatic carbocycles. The van der Waals surface area contributed by atoms with Crippen LogP contribution in [-0.2, 0) is 17.8 Å². The van der Waals surface area contributed by atoms with Crippen LogP contribution in [0.15, 0.2) is 29.3 Å². The van der Waals surface area contributed by atoms with E-state index in [1.165, 1.54) is 37.1 Å². The number of ether oxygens (including phenoxy) is 1. The molecule has 28 heavy (non-hydrogen) atoms. The first kappa shape index (κ1) is 25.2. The van der Waals surface area contributed by atoms with Crippen molar-refractivity contribution in [3.05, 3.63) is 35.4 Å². The van der Waals surface area contributed by atoms with Crippen LogP contribution in [0.2, 0.25) is 0 Å². The minimum absolute atomic E-state index is 0. The summed E-state index contributed by atoms with van der Waals surface area (Å²) in [6.07, 6.45) is 3.97. The van der Waals surface area contributed by atoms with Gasteiger partial charge in [-0.2, -0.15) is 0 Å². The average molecular weight is 502 g/mol. The van der Waals surface area contributed by atoms with Crippen molar-refractivity contribution in [3.63, 3.8) is 0 Å². The molecule has 1 fully saturated rings. The second-order valence-electron chi connectivity index (χ2n) is 7.68. The Labute approximate surface area is 188 Å². The zero-order valence-electron chi connectivity index (χ0n) is 18.0. The molecule has 0 spiro atoms. The molecule has 160 valence electrons. The van der Waals surface area contributed by atoms with Crippen molar-refractivity contribution in [2.24, 2.45) is 10.9 Å². The number of nitrogens with zero attached hydrogens (tertiary/aromatic N) is 2. The highest BCUT2D eigenvalue weighted by molar-refractivity contribution is 14.0. The maximum absolute atomic E-state index is 5.80. The van der Waals surface area contributed by atoms with Gasteiger partial charge in [0, 0.05) is 33.3 Å². The summed E-state index contributed by atoms with van der Waals surface area (Å²) >= 11 is 0. The van der Waals surface area contributed by atoms with Crippen molar-refractivity contribution in [3.8, 4) is 0 Å². The molecule has 0 amide bonds. The molecule has 0 bridgehead atoms. The highest BCUT2D eigenvalue weighted by Crippen LogP contribution is 2.13. The first-order chi connectivity index (χ1) is 13.1. The minimum atomic E-state index is 0. The Balaban J connectivity index is 0.00000392. The molecule has 2 rings (SSSR count). The summed E-state index contributed by atoms with van der Waals surface area (Å²) in [5.74, 6) is 1.37. The van der Waals surface area contributed by atoms with Gasteiger partial charge in [0.2, 0.25) is 0 Å². The number of likely N-dealkylation sites (tertiary alicyclic amines) is 1. The second-order valence-corrected chi connectivity index (χ2v) is 7.68.